The molecule has 6 nitrogen and oxygen atoms in total. The second-order valence-corrected chi connectivity index (χ2v) is 4.45. The van der Waals surface area contributed by atoms with E-state index in [1.807, 2.05) is 0 Å². The number of rotatable bonds is 4. The van der Waals surface area contributed by atoms with Gasteiger partial charge in [-0.1, -0.05) is 24.4 Å². The van der Waals surface area contributed by atoms with E-state index in [9.17, 15) is 9.59 Å². The van der Waals surface area contributed by atoms with Crippen LogP contribution in [0.5, 0.6) is 0 Å². The summed E-state index contributed by atoms with van der Waals surface area (Å²) in [7, 11) is 0. The highest BCUT2D eigenvalue weighted by atomic mass is 32.1. The van der Waals surface area contributed by atoms with Crippen LogP contribution in [-0.4, -0.2) is 20.7 Å². The van der Waals surface area contributed by atoms with Gasteiger partial charge >= 0.3 is 0 Å². The Bertz CT molecular complexity index is 711. The molecule has 0 fully saturated rings. The number of amides is 1. The summed E-state index contributed by atoms with van der Waals surface area (Å²) in [6.45, 7) is -0.156. The van der Waals surface area contributed by atoms with Crippen LogP contribution in [0.2, 0.25) is 0 Å². The van der Waals surface area contributed by atoms with Crippen molar-refractivity contribution in [2.45, 2.75) is 6.54 Å². The molecule has 0 radical (unpaired) electrons. The summed E-state index contributed by atoms with van der Waals surface area (Å²) in [5.41, 5.74) is 6.41. The topological polar surface area (TPSA) is 90.0 Å². The molecule has 1 aromatic heterocycles. The van der Waals surface area contributed by atoms with Crippen molar-refractivity contribution < 1.29 is 4.79 Å². The molecule has 0 aliphatic carbocycles. The minimum atomic E-state index is -0.356. The molecule has 0 saturated carbocycles. The maximum atomic E-state index is 11.8. The molecule has 2 rings (SSSR count). The Labute approximate surface area is 120 Å². The second-order valence-electron chi connectivity index (χ2n) is 4.01. The Balaban J connectivity index is 2.09. The number of benzene rings is 1. The SMILES string of the molecule is NC(=S)c1cccc(NC(=O)Cn2ncccc2=O)c1. The smallest absolute Gasteiger partial charge is 0.267 e. The minimum Gasteiger partial charge on any atom is -0.389 e. The Morgan fingerprint density at radius 1 is 1.35 bits per heavy atom. The summed E-state index contributed by atoms with van der Waals surface area (Å²) >= 11 is 4.87. The molecule has 1 heterocycles. The third kappa shape index (κ3) is 3.48. The maximum absolute atomic E-state index is 11.8. The van der Waals surface area contributed by atoms with E-state index in [1.165, 1.54) is 18.3 Å². The number of thiocarbonyl (C=S) groups is 1. The molecule has 20 heavy (non-hydrogen) atoms. The standard InChI is InChI=1S/C13H12N4O2S/c14-13(20)9-3-1-4-10(7-9)16-11(18)8-17-12(19)5-2-6-15-17/h1-7H,8H2,(H2,14,20)(H,16,18). The van der Waals surface area contributed by atoms with E-state index >= 15 is 0 Å². The normalized spacial score (nSPS) is 10.0. The molecule has 0 atom stereocenters. The van der Waals surface area contributed by atoms with Crippen LogP contribution >= 0.6 is 12.2 Å². The molecule has 3 N–H and O–H groups in total. The summed E-state index contributed by atoms with van der Waals surface area (Å²) in [5, 5.41) is 6.47. The Hall–Kier alpha value is -2.54. The lowest BCUT2D eigenvalue weighted by Gasteiger charge is -2.07. The number of nitrogens with one attached hydrogen (secondary N) is 1. The molecule has 1 amide bonds. The lowest BCUT2D eigenvalue weighted by Crippen LogP contribution is -2.28. The van der Waals surface area contributed by atoms with Gasteiger partial charge in [0.15, 0.2) is 0 Å². The first-order valence-electron chi connectivity index (χ1n) is 5.78. The molecule has 0 unspecified atom stereocenters. The van der Waals surface area contributed by atoms with Gasteiger partial charge in [-0.15, -0.1) is 0 Å². The number of aromatic nitrogens is 2. The maximum Gasteiger partial charge on any atom is 0.267 e. The molecule has 7 heteroatoms. The van der Waals surface area contributed by atoms with E-state index in [4.69, 9.17) is 18.0 Å². The number of carbonyl (C=O) groups is 1. The van der Waals surface area contributed by atoms with Crippen molar-refractivity contribution in [1.82, 2.24) is 9.78 Å². The number of hydrogen-bond acceptors (Lipinski definition) is 4. The fraction of sp³-hybridized carbons (Fsp3) is 0.0769. The van der Waals surface area contributed by atoms with Gasteiger partial charge in [-0.25, -0.2) is 4.68 Å². The van der Waals surface area contributed by atoms with Gasteiger partial charge in [-0.3, -0.25) is 9.59 Å². The summed E-state index contributed by atoms with van der Waals surface area (Å²) in [6.07, 6.45) is 1.45. The van der Waals surface area contributed by atoms with Gasteiger partial charge in [-0.2, -0.15) is 5.10 Å². The average molecular weight is 288 g/mol. The third-order valence-electron chi connectivity index (χ3n) is 2.51. The van der Waals surface area contributed by atoms with Gasteiger partial charge in [0, 0.05) is 23.5 Å². The molecule has 0 aliphatic rings. The third-order valence-corrected chi connectivity index (χ3v) is 2.75. The highest BCUT2D eigenvalue weighted by Crippen LogP contribution is 2.10. The highest BCUT2D eigenvalue weighted by Gasteiger charge is 2.06. The minimum absolute atomic E-state index is 0.156. The average Bonchev–Trinajstić information content (AvgIpc) is 2.41. The van der Waals surface area contributed by atoms with Crippen molar-refractivity contribution in [2.24, 2.45) is 5.73 Å². The Morgan fingerprint density at radius 3 is 2.85 bits per heavy atom. The molecule has 2 aromatic rings. The van der Waals surface area contributed by atoms with E-state index < -0.39 is 0 Å². The molecular weight excluding hydrogens is 276 g/mol. The van der Waals surface area contributed by atoms with E-state index in [-0.39, 0.29) is 23.0 Å². The number of carbonyl (C=O) groups excluding carboxylic acids is 1. The largest absolute Gasteiger partial charge is 0.389 e. The van der Waals surface area contributed by atoms with Crippen molar-refractivity contribution in [2.75, 3.05) is 5.32 Å². The molecule has 102 valence electrons. The zero-order valence-electron chi connectivity index (χ0n) is 10.4. The first kappa shape index (κ1) is 13.9. The number of nitrogens with zero attached hydrogens (tertiary/aromatic N) is 2. The van der Waals surface area contributed by atoms with Gasteiger partial charge in [-0.05, 0) is 18.2 Å². The quantitative estimate of drug-likeness (QED) is 0.800. The van der Waals surface area contributed by atoms with Gasteiger partial charge in [0.2, 0.25) is 5.91 Å². The predicted octanol–water partition coefficient (Wildman–Crippen LogP) is 0.516. The van der Waals surface area contributed by atoms with Crippen LogP contribution in [0.4, 0.5) is 5.69 Å². The molecular formula is C13H12N4O2S. The monoisotopic (exact) mass is 288 g/mol. The van der Waals surface area contributed by atoms with Crippen LogP contribution in [0, 0.1) is 0 Å². The molecule has 1 aromatic carbocycles. The van der Waals surface area contributed by atoms with Crippen LogP contribution in [0.25, 0.3) is 0 Å². The van der Waals surface area contributed by atoms with Crippen molar-refractivity contribution in [3.05, 3.63) is 58.5 Å². The molecule has 0 spiro atoms. The molecule has 0 saturated heterocycles. The van der Waals surface area contributed by atoms with Gasteiger partial charge < -0.3 is 11.1 Å². The second kappa shape index (κ2) is 6.07. The zero-order chi connectivity index (χ0) is 14.5. The van der Waals surface area contributed by atoms with Crippen LogP contribution in [0.1, 0.15) is 5.56 Å². The van der Waals surface area contributed by atoms with Crippen molar-refractivity contribution >= 4 is 28.8 Å². The molecule has 0 aliphatic heterocycles. The summed E-state index contributed by atoms with van der Waals surface area (Å²) < 4.78 is 1.08. The Morgan fingerprint density at radius 2 is 2.15 bits per heavy atom. The van der Waals surface area contributed by atoms with Gasteiger partial charge in [0.05, 0.1) is 0 Å². The van der Waals surface area contributed by atoms with Crippen molar-refractivity contribution in [3.63, 3.8) is 0 Å². The first-order chi connectivity index (χ1) is 9.56. The van der Waals surface area contributed by atoms with Crippen molar-refractivity contribution in [3.8, 4) is 0 Å². The summed E-state index contributed by atoms with van der Waals surface area (Å²) in [5.74, 6) is -0.356. The predicted molar refractivity (Wildman–Crippen MR) is 79.5 cm³/mol. The fourth-order valence-corrected chi connectivity index (χ4v) is 1.72. The number of nitrogens with two attached hydrogens (primary N) is 1. The Kier molecular flexibility index (Phi) is 4.21. The number of anilines is 1. The van der Waals surface area contributed by atoms with Crippen LogP contribution in [-0.2, 0) is 11.3 Å². The van der Waals surface area contributed by atoms with E-state index in [0.717, 1.165) is 4.68 Å². The van der Waals surface area contributed by atoms with Crippen LogP contribution in [0.3, 0.4) is 0 Å². The van der Waals surface area contributed by atoms with E-state index in [2.05, 4.69) is 10.4 Å². The lowest BCUT2D eigenvalue weighted by atomic mass is 10.2. The zero-order valence-corrected chi connectivity index (χ0v) is 11.3. The van der Waals surface area contributed by atoms with Crippen LogP contribution < -0.4 is 16.6 Å². The van der Waals surface area contributed by atoms with Gasteiger partial charge in [0.25, 0.3) is 5.56 Å². The lowest BCUT2D eigenvalue weighted by molar-refractivity contribution is -0.117. The van der Waals surface area contributed by atoms with Gasteiger partial charge in [0.1, 0.15) is 11.5 Å². The fourth-order valence-electron chi connectivity index (χ4n) is 1.59. The summed E-state index contributed by atoms with van der Waals surface area (Å²) in [6, 6.07) is 9.72. The van der Waals surface area contributed by atoms with E-state index in [1.54, 1.807) is 24.3 Å². The first-order valence-corrected chi connectivity index (χ1v) is 6.19. The highest BCUT2D eigenvalue weighted by molar-refractivity contribution is 7.80. The van der Waals surface area contributed by atoms with Crippen molar-refractivity contribution in [1.29, 1.82) is 0 Å². The van der Waals surface area contributed by atoms with E-state index in [0.29, 0.717) is 11.3 Å². The molecule has 0 bridgehead atoms. The van der Waals surface area contributed by atoms with Crippen LogP contribution in [0.15, 0.2) is 47.4 Å². The number of hydrogen-bond donors (Lipinski definition) is 2. The summed E-state index contributed by atoms with van der Waals surface area (Å²) in [4.78, 5) is 23.5.